The topological polar surface area (TPSA) is 91.3 Å². The van der Waals surface area contributed by atoms with Gasteiger partial charge in [0.2, 0.25) is 12.3 Å². The lowest BCUT2D eigenvalue weighted by Gasteiger charge is -2.31. The Morgan fingerprint density at radius 1 is 1.09 bits per heavy atom. The van der Waals surface area contributed by atoms with Crippen LogP contribution in [0.15, 0.2) is 60.7 Å². The number of carbonyl (C=O) groups is 2. The molecular weight excluding hydrogens is 434 g/mol. The van der Waals surface area contributed by atoms with Crippen LogP contribution in [-0.2, 0) is 20.9 Å². The van der Waals surface area contributed by atoms with Gasteiger partial charge in [-0.1, -0.05) is 48.5 Å². The molecule has 2 aliphatic rings. The lowest BCUT2D eigenvalue weighted by atomic mass is 9.98. The highest BCUT2D eigenvalue weighted by molar-refractivity contribution is 5.94. The minimum atomic E-state index is -1.19. The van der Waals surface area contributed by atoms with E-state index in [4.69, 9.17) is 9.47 Å². The number of ether oxygens (including phenoxy) is 2. The van der Waals surface area contributed by atoms with Crippen molar-refractivity contribution in [3.63, 3.8) is 0 Å². The minimum Gasteiger partial charge on any atom is -0.444 e. The lowest BCUT2D eigenvalue weighted by Crippen LogP contribution is -2.48. The van der Waals surface area contributed by atoms with Gasteiger partial charge in [0.05, 0.1) is 18.6 Å². The number of aliphatic hydroxyl groups excluding tert-OH is 1. The van der Waals surface area contributed by atoms with Gasteiger partial charge >= 0.3 is 6.09 Å². The van der Waals surface area contributed by atoms with Gasteiger partial charge in [-0.05, 0) is 44.9 Å². The molecule has 2 aliphatic heterocycles. The van der Waals surface area contributed by atoms with E-state index in [1.54, 1.807) is 9.80 Å². The van der Waals surface area contributed by atoms with Crippen molar-refractivity contribution >= 4 is 17.7 Å². The van der Waals surface area contributed by atoms with E-state index in [2.05, 4.69) is 5.32 Å². The number of likely N-dealkylation sites (tertiary alicyclic amines) is 2. The van der Waals surface area contributed by atoms with Crippen LogP contribution in [0.4, 0.5) is 10.5 Å². The van der Waals surface area contributed by atoms with E-state index in [9.17, 15) is 14.7 Å². The van der Waals surface area contributed by atoms with Crippen LogP contribution in [0.25, 0.3) is 0 Å². The number of nitrogens with one attached hydrogen (secondary N) is 1. The summed E-state index contributed by atoms with van der Waals surface area (Å²) < 4.78 is 11.4. The normalized spacial score (nSPS) is 23.4. The van der Waals surface area contributed by atoms with Gasteiger partial charge in [-0.15, -0.1) is 0 Å². The number of nitrogens with zero attached hydrogens (tertiary/aromatic N) is 2. The zero-order valence-corrected chi connectivity index (χ0v) is 19.9. The molecule has 0 aliphatic carbocycles. The fraction of sp³-hybridized carbons (Fsp3) is 0.462. The molecule has 182 valence electrons. The SMILES string of the molecule is CC(C)(C)OC(=O)N1CC[C@@H]2[C@H]1[C@@H](C(=O)Nc1ccccc1)CN2C(O)OCc1ccccc1. The van der Waals surface area contributed by atoms with Crippen LogP contribution in [-0.4, -0.2) is 64.1 Å². The van der Waals surface area contributed by atoms with Gasteiger partial charge in [-0.2, -0.15) is 0 Å². The maximum atomic E-state index is 13.3. The van der Waals surface area contributed by atoms with Crippen molar-refractivity contribution in [2.24, 2.45) is 5.92 Å². The zero-order chi connectivity index (χ0) is 24.3. The van der Waals surface area contributed by atoms with Crippen molar-refractivity contribution in [2.45, 2.75) is 57.9 Å². The first-order chi connectivity index (χ1) is 16.2. The summed E-state index contributed by atoms with van der Waals surface area (Å²) in [6.07, 6.45) is -1.02. The zero-order valence-electron chi connectivity index (χ0n) is 19.9. The molecule has 2 saturated heterocycles. The smallest absolute Gasteiger partial charge is 0.410 e. The summed E-state index contributed by atoms with van der Waals surface area (Å²) in [5, 5.41) is 13.8. The van der Waals surface area contributed by atoms with E-state index in [1.807, 2.05) is 81.4 Å². The van der Waals surface area contributed by atoms with Gasteiger partial charge in [0, 0.05) is 24.8 Å². The van der Waals surface area contributed by atoms with Crippen LogP contribution in [0.3, 0.4) is 0 Å². The Hall–Kier alpha value is -2.94. The number of amides is 2. The van der Waals surface area contributed by atoms with Gasteiger partial charge in [-0.3, -0.25) is 4.79 Å². The quantitative estimate of drug-likeness (QED) is 0.633. The number of carbonyl (C=O) groups excluding carboxylic acids is 2. The van der Waals surface area contributed by atoms with Gasteiger partial charge in [0.25, 0.3) is 0 Å². The molecule has 2 aromatic carbocycles. The van der Waals surface area contributed by atoms with E-state index < -0.39 is 30.1 Å². The van der Waals surface area contributed by atoms with Crippen molar-refractivity contribution in [3.05, 3.63) is 66.2 Å². The number of anilines is 1. The highest BCUT2D eigenvalue weighted by Gasteiger charge is 2.55. The Kier molecular flexibility index (Phi) is 7.21. The monoisotopic (exact) mass is 467 g/mol. The molecule has 0 bridgehead atoms. The number of para-hydroxylation sites is 1. The van der Waals surface area contributed by atoms with E-state index in [-0.39, 0.29) is 25.1 Å². The summed E-state index contributed by atoms with van der Waals surface area (Å²) in [7, 11) is 0. The lowest BCUT2D eigenvalue weighted by molar-refractivity contribution is -0.204. The summed E-state index contributed by atoms with van der Waals surface area (Å²) in [5.74, 6) is -0.746. The molecule has 4 rings (SSSR count). The van der Waals surface area contributed by atoms with Crippen molar-refractivity contribution in [1.29, 1.82) is 0 Å². The number of benzene rings is 2. The fourth-order valence-corrected chi connectivity index (χ4v) is 4.74. The number of aliphatic hydroxyl groups is 1. The van der Waals surface area contributed by atoms with Crippen molar-refractivity contribution in [3.8, 4) is 0 Å². The molecule has 2 heterocycles. The second kappa shape index (κ2) is 10.1. The van der Waals surface area contributed by atoms with Crippen molar-refractivity contribution in [1.82, 2.24) is 9.80 Å². The summed E-state index contributed by atoms with van der Waals surface area (Å²) >= 11 is 0. The standard InChI is InChI=1S/C26H33N3O5/c1-26(2,3)34-25(32)28-15-14-21-22(28)20(23(30)27-19-12-8-5-9-13-19)16-29(21)24(31)33-17-18-10-6-4-7-11-18/h4-13,20-22,24,31H,14-17H2,1-3H3,(H,27,30)/t20-,21+,22+,24?/m0/s1. The van der Waals surface area contributed by atoms with Crippen LogP contribution in [0.2, 0.25) is 0 Å². The van der Waals surface area contributed by atoms with Crippen LogP contribution >= 0.6 is 0 Å². The summed E-state index contributed by atoms with van der Waals surface area (Å²) in [5.41, 5.74) is 0.982. The number of hydrogen-bond acceptors (Lipinski definition) is 6. The molecule has 2 N–H and O–H groups in total. The van der Waals surface area contributed by atoms with Crippen LogP contribution in [0.5, 0.6) is 0 Å². The molecule has 2 aromatic rings. The number of fused-ring (bicyclic) bond motifs is 1. The Balaban J connectivity index is 1.52. The third kappa shape index (κ3) is 5.58. The van der Waals surface area contributed by atoms with E-state index in [0.29, 0.717) is 18.7 Å². The first kappa shape index (κ1) is 24.2. The third-order valence-electron chi connectivity index (χ3n) is 6.20. The second-order valence-electron chi connectivity index (χ2n) is 9.80. The largest absolute Gasteiger partial charge is 0.444 e. The Labute approximate surface area is 200 Å². The highest BCUT2D eigenvalue weighted by Crippen LogP contribution is 2.38. The first-order valence-corrected chi connectivity index (χ1v) is 11.7. The minimum absolute atomic E-state index is 0.200. The number of rotatable bonds is 6. The van der Waals surface area contributed by atoms with Crippen LogP contribution in [0, 0.1) is 5.92 Å². The third-order valence-corrected chi connectivity index (χ3v) is 6.20. The summed E-state index contributed by atoms with van der Waals surface area (Å²) in [6.45, 7) is 6.41. The molecule has 0 aromatic heterocycles. The molecular formula is C26H33N3O5. The van der Waals surface area contributed by atoms with Gasteiger partial charge in [0.1, 0.15) is 5.60 Å². The predicted octanol–water partition coefficient (Wildman–Crippen LogP) is 3.43. The maximum absolute atomic E-state index is 13.3. The molecule has 34 heavy (non-hydrogen) atoms. The predicted molar refractivity (Wildman–Crippen MR) is 128 cm³/mol. The summed E-state index contributed by atoms with van der Waals surface area (Å²) in [4.78, 5) is 29.7. The highest BCUT2D eigenvalue weighted by atomic mass is 16.6. The first-order valence-electron chi connectivity index (χ1n) is 11.7. The molecule has 0 radical (unpaired) electrons. The van der Waals surface area contributed by atoms with E-state index >= 15 is 0 Å². The average Bonchev–Trinajstić information content (AvgIpc) is 3.38. The van der Waals surface area contributed by atoms with E-state index in [1.165, 1.54) is 0 Å². The Morgan fingerprint density at radius 3 is 2.38 bits per heavy atom. The van der Waals surface area contributed by atoms with Crippen LogP contribution < -0.4 is 5.32 Å². The second-order valence-corrected chi connectivity index (χ2v) is 9.80. The molecule has 4 atom stereocenters. The van der Waals surface area contributed by atoms with E-state index in [0.717, 1.165) is 5.56 Å². The Morgan fingerprint density at radius 2 is 1.74 bits per heavy atom. The van der Waals surface area contributed by atoms with Crippen molar-refractivity contribution in [2.75, 3.05) is 18.4 Å². The van der Waals surface area contributed by atoms with Gasteiger partial charge in [-0.25, -0.2) is 9.69 Å². The fourth-order valence-electron chi connectivity index (χ4n) is 4.74. The number of hydrogen-bond donors (Lipinski definition) is 2. The molecule has 1 unspecified atom stereocenters. The Bertz CT molecular complexity index is 979. The maximum Gasteiger partial charge on any atom is 0.410 e. The molecule has 8 nitrogen and oxygen atoms in total. The average molecular weight is 468 g/mol. The van der Waals surface area contributed by atoms with Crippen molar-refractivity contribution < 1.29 is 24.2 Å². The van der Waals surface area contributed by atoms with Gasteiger partial charge in [0.15, 0.2) is 0 Å². The van der Waals surface area contributed by atoms with Crippen LogP contribution in [0.1, 0.15) is 32.8 Å². The molecule has 2 amide bonds. The molecule has 2 fully saturated rings. The molecule has 0 spiro atoms. The molecule has 0 saturated carbocycles. The summed E-state index contributed by atoms with van der Waals surface area (Å²) in [6, 6.07) is 18.2. The molecule has 8 heteroatoms. The van der Waals surface area contributed by atoms with Gasteiger partial charge < -0.3 is 24.8 Å².